The molecule has 1 aromatic carbocycles. The number of hydrogen-bond acceptors (Lipinski definition) is 2. The predicted octanol–water partition coefficient (Wildman–Crippen LogP) is 3.58. The molecule has 0 saturated carbocycles. The molecule has 106 valence electrons. The van der Waals surface area contributed by atoms with Gasteiger partial charge in [0, 0.05) is 42.3 Å². The van der Waals surface area contributed by atoms with Crippen molar-refractivity contribution < 1.29 is 4.39 Å². The number of piperazine rings is 1. The topological polar surface area (TPSA) is 15.3 Å². The third-order valence-electron chi connectivity index (χ3n) is 3.61. The van der Waals surface area contributed by atoms with Gasteiger partial charge in [-0.25, -0.2) is 4.39 Å². The molecule has 0 radical (unpaired) electrons. The molecule has 1 aliphatic heterocycles. The molecule has 2 nitrogen and oxygen atoms in total. The van der Waals surface area contributed by atoms with Crippen molar-refractivity contribution in [2.24, 2.45) is 5.92 Å². The summed E-state index contributed by atoms with van der Waals surface area (Å²) in [4.78, 5) is 2.41. The first-order valence-corrected chi connectivity index (χ1v) is 7.77. The highest BCUT2D eigenvalue weighted by molar-refractivity contribution is 9.10. The van der Waals surface area contributed by atoms with Gasteiger partial charge in [-0.2, -0.15) is 0 Å². The fourth-order valence-corrected chi connectivity index (χ4v) is 3.02. The van der Waals surface area contributed by atoms with Crippen molar-refractivity contribution in [3.8, 4) is 0 Å². The number of hydrogen-bond donors (Lipinski definition) is 1. The molecule has 1 N–H and O–H groups in total. The summed E-state index contributed by atoms with van der Waals surface area (Å²) in [5.74, 6) is 0.460. The van der Waals surface area contributed by atoms with Gasteiger partial charge in [-0.3, -0.25) is 4.90 Å². The third-order valence-corrected chi connectivity index (χ3v) is 4.10. The lowest BCUT2D eigenvalue weighted by Gasteiger charge is -2.36. The predicted molar refractivity (Wildman–Crippen MR) is 80.7 cm³/mol. The van der Waals surface area contributed by atoms with Gasteiger partial charge < -0.3 is 5.32 Å². The summed E-state index contributed by atoms with van der Waals surface area (Å²) in [6.07, 6.45) is 0.999. The molecule has 0 aliphatic carbocycles. The first kappa shape index (κ1) is 14.9. The lowest BCUT2D eigenvalue weighted by Crippen LogP contribution is -2.45. The van der Waals surface area contributed by atoms with E-state index in [1.807, 2.05) is 12.1 Å². The van der Waals surface area contributed by atoms with E-state index >= 15 is 0 Å². The third kappa shape index (κ3) is 4.01. The highest BCUT2D eigenvalue weighted by Gasteiger charge is 2.25. The number of rotatable bonds is 4. The first-order chi connectivity index (χ1) is 9.08. The highest BCUT2D eigenvalue weighted by atomic mass is 79.9. The van der Waals surface area contributed by atoms with E-state index in [9.17, 15) is 4.39 Å². The minimum atomic E-state index is -0.0986. The van der Waals surface area contributed by atoms with E-state index in [0.29, 0.717) is 5.92 Å². The minimum Gasteiger partial charge on any atom is -0.314 e. The maximum atomic E-state index is 14.2. The summed E-state index contributed by atoms with van der Waals surface area (Å²) < 4.78 is 15.0. The molecule has 0 bridgehead atoms. The van der Waals surface area contributed by atoms with Crippen molar-refractivity contribution in [2.75, 3.05) is 26.2 Å². The van der Waals surface area contributed by atoms with Crippen LogP contribution in [-0.2, 0) is 0 Å². The Morgan fingerprint density at radius 2 is 2.00 bits per heavy atom. The van der Waals surface area contributed by atoms with E-state index in [2.05, 4.69) is 40.0 Å². The summed E-state index contributed by atoms with van der Waals surface area (Å²) in [6, 6.07) is 5.63. The lowest BCUT2D eigenvalue weighted by molar-refractivity contribution is 0.151. The Kier molecular flexibility index (Phi) is 5.37. The maximum absolute atomic E-state index is 14.2. The normalized spacial score (nSPS) is 18.8. The largest absolute Gasteiger partial charge is 0.314 e. The first-order valence-electron chi connectivity index (χ1n) is 6.97. The molecule has 19 heavy (non-hydrogen) atoms. The van der Waals surface area contributed by atoms with Gasteiger partial charge in [0.15, 0.2) is 0 Å². The fourth-order valence-electron chi connectivity index (χ4n) is 2.68. The molecule has 1 aromatic rings. The van der Waals surface area contributed by atoms with Gasteiger partial charge in [-0.1, -0.05) is 35.8 Å². The Labute approximate surface area is 123 Å². The Morgan fingerprint density at radius 3 is 2.58 bits per heavy atom. The summed E-state index contributed by atoms with van der Waals surface area (Å²) in [5.41, 5.74) is 0.832. The second-order valence-electron chi connectivity index (χ2n) is 5.60. The van der Waals surface area contributed by atoms with E-state index in [1.165, 1.54) is 0 Å². The van der Waals surface area contributed by atoms with Gasteiger partial charge in [-0.05, 0) is 24.5 Å². The quantitative estimate of drug-likeness (QED) is 0.908. The zero-order chi connectivity index (χ0) is 13.8. The molecule has 1 aliphatic rings. The van der Waals surface area contributed by atoms with Crippen molar-refractivity contribution in [1.29, 1.82) is 0 Å². The van der Waals surface area contributed by atoms with Gasteiger partial charge in [0.25, 0.3) is 0 Å². The van der Waals surface area contributed by atoms with Crippen LogP contribution < -0.4 is 5.32 Å². The standard InChI is InChI=1S/C15H22BrFN2/c1-11(2)9-15(19-7-5-18-6-8-19)13-4-3-12(16)10-14(13)17/h3-4,10-11,15,18H,5-9H2,1-2H3/t15-/m1/s1. The Balaban J connectivity index is 2.25. The van der Waals surface area contributed by atoms with Crippen LogP contribution in [0.2, 0.25) is 0 Å². The van der Waals surface area contributed by atoms with Crippen LogP contribution in [0.5, 0.6) is 0 Å². The number of benzene rings is 1. The highest BCUT2D eigenvalue weighted by Crippen LogP contribution is 2.31. The van der Waals surface area contributed by atoms with E-state index in [4.69, 9.17) is 0 Å². The van der Waals surface area contributed by atoms with Gasteiger partial charge in [0.2, 0.25) is 0 Å². The summed E-state index contributed by atoms with van der Waals surface area (Å²) in [7, 11) is 0. The number of halogens is 2. The van der Waals surface area contributed by atoms with E-state index < -0.39 is 0 Å². The van der Waals surface area contributed by atoms with Crippen LogP contribution in [0.1, 0.15) is 31.9 Å². The molecule has 1 atom stereocenters. The minimum absolute atomic E-state index is 0.0986. The second kappa shape index (κ2) is 6.82. The van der Waals surface area contributed by atoms with Gasteiger partial charge in [0.05, 0.1) is 0 Å². The SMILES string of the molecule is CC(C)C[C@H](c1ccc(Br)cc1F)N1CCNCC1. The molecular weight excluding hydrogens is 307 g/mol. The second-order valence-corrected chi connectivity index (χ2v) is 6.51. The average molecular weight is 329 g/mol. The van der Waals surface area contributed by atoms with Gasteiger partial charge in [-0.15, -0.1) is 0 Å². The zero-order valence-electron chi connectivity index (χ0n) is 11.6. The van der Waals surface area contributed by atoms with Crippen LogP contribution in [0.4, 0.5) is 4.39 Å². The van der Waals surface area contributed by atoms with Crippen molar-refractivity contribution >= 4 is 15.9 Å². The van der Waals surface area contributed by atoms with Crippen LogP contribution in [0, 0.1) is 11.7 Å². The van der Waals surface area contributed by atoms with Crippen molar-refractivity contribution in [2.45, 2.75) is 26.3 Å². The summed E-state index contributed by atoms with van der Waals surface area (Å²) in [5, 5.41) is 3.36. The van der Waals surface area contributed by atoms with Crippen LogP contribution in [0.25, 0.3) is 0 Å². The van der Waals surface area contributed by atoms with Crippen LogP contribution in [0.3, 0.4) is 0 Å². The van der Waals surface area contributed by atoms with Crippen LogP contribution in [0.15, 0.2) is 22.7 Å². The van der Waals surface area contributed by atoms with Gasteiger partial charge in [0.1, 0.15) is 5.82 Å². The number of nitrogens with one attached hydrogen (secondary N) is 1. The summed E-state index contributed by atoms with van der Waals surface area (Å²) >= 11 is 3.33. The van der Waals surface area contributed by atoms with Crippen molar-refractivity contribution in [3.63, 3.8) is 0 Å². The Bertz CT molecular complexity index is 417. The lowest BCUT2D eigenvalue weighted by atomic mass is 9.94. The average Bonchev–Trinajstić information content (AvgIpc) is 2.37. The van der Waals surface area contributed by atoms with Crippen LogP contribution >= 0.6 is 15.9 Å². The fraction of sp³-hybridized carbons (Fsp3) is 0.600. The molecule has 0 amide bonds. The Morgan fingerprint density at radius 1 is 1.32 bits per heavy atom. The molecule has 0 spiro atoms. The van der Waals surface area contributed by atoms with Crippen molar-refractivity contribution in [1.82, 2.24) is 10.2 Å². The smallest absolute Gasteiger partial charge is 0.129 e. The van der Waals surface area contributed by atoms with Gasteiger partial charge >= 0.3 is 0 Å². The van der Waals surface area contributed by atoms with E-state index in [1.54, 1.807) is 6.07 Å². The molecule has 1 fully saturated rings. The molecule has 4 heteroatoms. The molecule has 1 saturated heterocycles. The van der Waals surface area contributed by atoms with Crippen LogP contribution in [-0.4, -0.2) is 31.1 Å². The summed E-state index contributed by atoms with van der Waals surface area (Å²) in [6.45, 7) is 8.37. The zero-order valence-corrected chi connectivity index (χ0v) is 13.2. The number of nitrogens with zero attached hydrogens (tertiary/aromatic N) is 1. The molecule has 0 unspecified atom stereocenters. The maximum Gasteiger partial charge on any atom is 0.129 e. The molecule has 1 heterocycles. The van der Waals surface area contributed by atoms with Crippen molar-refractivity contribution in [3.05, 3.63) is 34.1 Å². The molecule has 0 aromatic heterocycles. The monoisotopic (exact) mass is 328 g/mol. The van der Waals surface area contributed by atoms with E-state index in [0.717, 1.165) is 42.6 Å². The Hall–Kier alpha value is -0.450. The van der Waals surface area contributed by atoms with E-state index in [-0.39, 0.29) is 11.9 Å². The molecular formula is C15H22BrFN2. The molecule has 2 rings (SSSR count).